The van der Waals surface area contributed by atoms with Gasteiger partial charge >= 0.3 is 0 Å². The second kappa shape index (κ2) is 5.68. The highest BCUT2D eigenvalue weighted by molar-refractivity contribution is 6.30. The van der Waals surface area contributed by atoms with Crippen molar-refractivity contribution in [2.45, 2.75) is 13.0 Å². The van der Waals surface area contributed by atoms with Crippen LogP contribution in [-0.2, 0) is 0 Å². The van der Waals surface area contributed by atoms with E-state index in [1.54, 1.807) is 0 Å². The fourth-order valence-corrected chi connectivity index (χ4v) is 1.75. The maximum Gasteiger partial charge on any atom is 0.113 e. The van der Waals surface area contributed by atoms with E-state index in [2.05, 4.69) is 16.8 Å². The van der Waals surface area contributed by atoms with Crippen LogP contribution in [0.2, 0.25) is 5.02 Å². The van der Waals surface area contributed by atoms with E-state index >= 15 is 0 Å². The lowest BCUT2D eigenvalue weighted by molar-refractivity contribution is 0.944. The zero-order valence-corrected chi connectivity index (χ0v) is 10.8. The molecule has 0 spiro atoms. The summed E-state index contributed by atoms with van der Waals surface area (Å²) < 4.78 is 0. The Labute approximate surface area is 112 Å². The molecule has 18 heavy (non-hydrogen) atoms. The lowest BCUT2D eigenvalue weighted by Crippen LogP contribution is -2.07. The molecular formula is C15H13ClN2. The molecule has 1 atom stereocenters. The number of halogens is 1. The van der Waals surface area contributed by atoms with E-state index in [1.165, 1.54) is 0 Å². The van der Waals surface area contributed by atoms with Crippen LogP contribution < -0.4 is 5.73 Å². The first-order chi connectivity index (χ1) is 8.65. The van der Waals surface area contributed by atoms with Crippen molar-refractivity contribution in [1.29, 1.82) is 0 Å². The number of aromatic nitrogens is 1. The van der Waals surface area contributed by atoms with Crippen molar-refractivity contribution < 1.29 is 0 Å². The second-order valence-electron chi connectivity index (χ2n) is 3.97. The molecule has 0 fully saturated rings. The number of aryl methyl sites for hydroxylation is 1. The van der Waals surface area contributed by atoms with Crippen LogP contribution in [0.3, 0.4) is 0 Å². The second-order valence-corrected chi connectivity index (χ2v) is 4.40. The molecule has 1 aromatic carbocycles. The zero-order chi connectivity index (χ0) is 13.0. The zero-order valence-electron chi connectivity index (χ0n) is 10.0. The summed E-state index contributed by atoms with van der Waals surface area (Å²) in [7, 11) is 0. The van der Waals surface area contributed by atoms with Crippen LogP contribution in [-0.4, -0.2) is 4.98 Å². The van der Waals surface area contributed by atoms with E-state index in [1.807, 2.05) is 49.4 Å². The molecule has 0 saturated heterocycles. The Kier molecular flexibility index (Phi) is 3.99. The lowest BCUT2D eigenvalue weighted by atomic mass is 10.1. The Morgan fingerprint density at radius 1 is 1.22 bits per heavy atom. The first-order valence-corrected chi connectivity index (χ1v) is 5.99. The van der Waals surface area contributed by atoms with Gasteiger partial charge in [-0.3, -0.25) is 0 Å². The highest BCUT2D eigenvalue weighted by atomic mass is 35.5. The summed E-state index contributed by atoms with van der Waals surface area (Å²) in [5.41, 5.74) is 8.57. The van der Waals surface area contributed by atoms with Crippen LogP contribution in [0, 0.1) is 18.8 Å². The van der Waals surface area contributed by atoms with Gasteiger partial charge in [-0.25, -0.2) is 4.98 Å². The molecule has 0 aliphatic rings. The predicted octanol–water partition coefficient (Wildman–Crippen LogP) is 3.09. The van der Waals surface area contributed by atoms with E-state index in [0.29, 0.717) is 5.02 Å². The largest absolute Gasteiger partial charge is 0.314 e. The summed E-state index contributed by atoms with van der Waals surface area (Å²) in [5, 5.41) is 0.665. The average molecular weight is 257 g/mol. The van der Waals surface area contributed by atoms with Gasteiger partial charge in [-0.15, -0.1) is 0 Å². The fraction of sp³-hybridized carbons (Fsp3) is 0.133. The number of nitrogens with zero attached hydrogens (tertiary/aromatic N) is 1. The van der Waals surface area contributed by atoms with Crippen molar-refractivity contribution >= 4 is 11.6 Å². The molecule has 0 saturated carbocycles. The summed E-state index contributed by atoms with van der Waals surface area (Å²) in [5.74, 6) is 5.95. The number of pyridine rings is 1. The maximum atomic E-state index is 5.99. The quantitative estimate of drug-likeness (QED) is 0.797. The van der Waals surface area contributed by atoms with Crippen molar-refractivity contribution in [3.63, 3.8) is 0 Å². The minimum atomic E-state index is -0.356. The Morgan fingerprint density at radius 2 is 2.00 bits per heavy atom. The standard InChI is InChI=1S/C15H13ClN2/c1-11-4-2-7-14(18-11)8-9-15(17)12-5-3-6-13(16)10-12/h2-7,10,15H,17H2,1H3. The number of hydrogen-bond acceptors (Lipinski definition) is 2. The van der Waals surface area contributed by atoms with Gasteiger partial charge in [-0.1, -0.05) is 35.7 Å². The topological polar surface area (TPSA) is 38.9 Å². The van der Waals surface area contributed by atoms with Gasteiger partial charge in [-0.2, -0.15) is 0 Å². The monoisotopic (exact) mass is 256 g/mol. The number of nitrogens with two attached hydrogens (primary N) is 1. The highest BCUT2D eigenvalue weighted by Gasteiger charge is 2.02. The number of rotatable bonds is 1. The van der Waals surface area contributed by atoms with Crippen LogP contribution in [0.15, 0.2) is 42.5 Å². The van der Waals surface area contributed by atoms with Crippen molar-refractivity contribution in [2.24, 2.45) is 5.73 Å². The molecule has 3 heteroatoms. The van der Waals surface area contributed by atoms with Gasteiger partial charge < -0.3 is 5.73 Å². The summed E-state index contributed by atoms with van der Waals surface area (Å²) in [6.07, 6.45) is 0. The SMILES string of the molecule is Cc1cccc(C#CC(N)c2cccc(Cl)c2)n1. The van der Waals surface area contributed by atoms with E-state index < -0.39 is 0 Å². The summed E-state index contributed by atoms with van der Waals surface area (Å²) in [6, 6.07) is 12.8. The lowest BCUT2D eigenvalue weighted by Gasteiger charge is -2.04. The van der Waals surface area contributed by atoms with E-state index in [4.69, 9.17) is 17.3 Å². The van der Waals surface area contributed by atoms with E-state index in [9.17, 15) is 0 Å². The molecule has 2 rings (SSSR count). The molecule has 0 amide bonds. The third kappa shape index (κ3) is 3.33. The Morgan fingerprint density at radius 3 is 2.72 bits per heavy atom. The van der Waals surface area contributed by atoms with Gasteiger partial charge in [-0.05, 0) is 42.7 Å². The maximum absolute atomic E-state index is 5.99. The van der Waals surface area contributed by atoms with Crippen molar-refractivity contribution in [1.82, 2.24) is 4.98 Å². The minimum Gasteiger partial charge on any atom is -0.314 e. The Balaban J connectivity index is 2.20. The van der Waals surface area contributed by atoms with E-state index in [-0.39, 0.29) is 6.04 Å². The van der Waals surface area contributed by atoms with Crippen LogP contribution >= 0.6 is 11.6 Å². The smallest absolute Gasteiger partial charge is 0.113 e. The van der Waals surface area contributed by atoms with Crippen LogP contribution in [0.1, 0.15) is 23.0 Å². The van der Waals surface area contributed by atoms with Crippen molar-refractivity contribution in [2.75, 3.05) is 0 Å². The van der Waals surface area contributed by atoms with Gasteiger partial charge in [0.15, 0.2) is 0 Å². The third-order valence-corrected chi connectivity index (χ3v) is 2.69. The van der Waals surface area contributed by atoms with Crippen LogP contribution in [0.4, 0.5) is 0 Å². The highest BCUT2D eigenvalue weighted by Crippen LogP contribution is 2.15. The normalized spacial score (nSPS) is 11.5. The van der Waals surface area contributed by atoms with E-state index in [0.717, 1.165) is 17.0 Å². The first-order valence-electron chi connectivity index (χ1n) is 5.61. The number of hydrogen-bond donors (Lipinski definition) is 1. The summed E-state index contributed by atoms with van der Waals surface area (Å²) >= 11 is 5.91. The van der Waals surface area contributed by atoms with Crippen molar-refractivity contribution in [3.05, 3.63) is 64.4 Å². The molecule has 0 aliphatic carbocycles. The summed E-state index contributed by atoms with van der Waals surface area (Å²) in [4.78, 5) is 4.30. The molecule has 1 aromatic heterocycles. The van der Waals surface area contributed by atoms with Crippen molar-refractivity contribution in [3.8, 4) is 11.8 Å². The van der Waals surface area contributed by atoms with Crippen LogP contribution in [0.25, 0.3) is 0 Å². The molecule has 1 heterocycles. The molecule has 0 aliphatic heterocycles. The van der Waals surface area contributed by atoms with Gasteiger partial charge in [0, 0.05) is 10.7 Å². The molecule has 1 unspecified atom stereocenters. The molecule has 2 aromatic rings. The number of benzene rings is 1. The molecule has 2 nitrogen and oxygen atoms in total. The predicted molar refractivity (Wildman–Crippen MR) is 74.2 cm³/mol. The average Bonchev–Trinajstić information content (AvgIpc) is 2.36. The van der Waals surface area contributed by atoms with Crippen LogP contribution in [0.5, 0.6) is 0 Å². The molecule has 0 radical (unpaired) electrons. The van der Waals surface area contributed by atoms with Gasteiger partial charge in [0.25, 0.3) is 0 Å². The molecule has 90 valence electrons. The molecule has 2 N–H and O–H groups in total. The Bertz CT molecular complexity index is 611. The molecular weight excluding hydrogens is 244 g/mol. The fourth-order valence-electron chi connectivity index (χ4n) is 1.55. The third-order valence-electron chi connectivity index (χ3n) is 2.45. The van der Waals surface area contributed by atoms with Gasteiger partial charge in [0.05, 0.1) is 6.04 Å². The summed E-state index contributed by atoms with van der Waals surface area (Å²) in [6.45, 7) is 1.93. The van der Waals surface area contributed by atoms with Gasteiger partial charge in [0.1, 0.15) is 5.69 Å². The molecule has 0 bridgehead atoms. The Hall–Kier alpha value is -1.82. The van der Waals surface area contributed by atoms with Gasteiger partial charge in [0.2, 0.25) is 0 Å². The first kappa shape index (κ1) is 12.6. The minimum absolute atomic E-state index is 0.356.